The zero-order valence-corrected chi connectivity index (χ0v) is 15.1. The van der Waals surface area contributed by atoms with E-state index in [0.717, 1.165) is 16.7 Å². The van der Waals surface area contributed by atoms with Crippen LogP contribution in [0, 0.1) is 6.92 Å². The van der Waals surface area contributed by atoms with Crippen molar-refractivity contribution in [1.29, 1.82) is 0 Å². The van der Waals surface area contributed by atoms with Crippen LogP contribution < -0.4 is 5.32 Å². The number of aryl methyl sites for hydroxylation is 1. The molecular weight excluding hydrogens is 328 g/mol. The molecule has 0 bridgehead atoms. The molecule has 3 rings (SSSR count). The molecule has 1 aliphatic heterocycles. The number of hydrogen-bond donors (Lipinski definition) is 3. The highest BCUT2D eigenvalue weighted by Crippen LogP contribution is 2.26. The molecule has 1 aliphatic rings. The third kappa shape index (κ3) is 4.06. The van der Waals surface area contributed by atoms with E-state index in [1.165, 1.54) is 0 Å². The predicted molar refractivity (Wildman–Crippen MR) is 101 cm³/mol. The highest BCUT2D eigenvalue weighted by Gasteiger charge is 2.34. The number of aliphatic hydroxyl groups is 2. The van der Waals surface area contributed by atoms with E-state index in [2.05, 4.69) is 5.32 Å². The summed E-state index contributed by atoms with van der Waals surface area (Å²) in [6, 6.07) is 17.6. The molecule has 1 heterocycles. The lowest BCUT2D eigenvalue weighted by molar-refractivity contribution is -0.0527. The van der Waals surface area contributed by atoms with E-state index < -0.39 is 5.60 Å². The first-order valence-electron chi connectivity index (χ1n) is 9.01. The molecule has 0 aromatic heterocycles. The second-order valence-corrected chi connectivity index (χ2v) is 7.02. The first-order valence-corrected chi connectivity index (χ1v) is 9.01. The Labute approximate surface area is 154 Å². The first kappa shape index (κ1) is 18.4. The Hall–Kier alpha value is -2.37. The highest BCUT2D eigenvalue weighted by molar-refractivity contribution is 5.75. The van der Waals surface area contributed by atoms with E-state index in [4.69, 9.17) is 0 Å². The van der Waals surface area contributed by atoms with Crippen LogP contribution in [0.4, 0.5) is 4.79 Å². The summed E-state index contributed by atoms with van der Waals surface area (Å²) in [4.78, 5) is 14.5. The lowest BCUT2D eigenvalue weighted by atomic mass is 9.92. The van der Waals surface area contributed by atoms with Crippen molar-refractivity contribution in [1.82, 2.24) is 10.2 Å². The molecule has 2 amide bonds. The number of nitrogens with zero attached hydrogens (tertiary/aromatic N) is 1. The van der Waals surface area contributed by atoms with Crippen molar-refractivity contribution < 1.29 is 15.0 Å². The molecule has 3 N–H and O–H groups in total. The summed E-state index contributed by atoms with van der Waals surface area (Å²) in [5.41, 5.74) is 2.15. The van der Waals surface area contributed by atoms with Gasteiger partial charge in [0.05, 0.1) is 18.2 Å². The second kappa shape index (κ2) is 7.89. The summed E-state index contributed by atoms with van der Waals surface area (Å²) in [5, 5.41) is 22.6. The van der Waals surface area contributed by atoms with Crippen molar-refractivity contribution in [2.45, 2.75) is 31.4 Å². The van der Waals surface area contributed by atoms with Crippen molar-refractivity contribution in [3.05, 3.63) is 71.3 Å². The van der Waals surface area contributed by atoms with Crippen molar-refractivity contribution in [2.75, 3.05) is 19.7 Å². The molecule has 0 aliphatic carbocycles. The minimum Gasteiger partial charge on any atom is -0.393 e. The van der Waals surface area contributed by atoms with Gasteiger partial charge in [0.2, 0.25) is 0 Å². The van der Waals surface area contributed by atoms with Crippen molar-refractivity contribution in [2.24, 2.45) is 0 Å². The topological polar surface area (TPSA) is 72.8 Å². The Kier molecular flexibility index (Phi) is 5.59. The van der Waals surface area contributed by atoms with Crippen LogP contribution in [0.15, 0.2) is 54.6 Å². The summed E-state index contributed by atoms with van der Waals surface area (Å²) in [7, 11) is 0. The van der Waals surface area contributed by atoms with Gasteiger partial charge in [-0.1, -0.05) is 54.6 Å². The van der Waals surface area contributed by atoms with Crippen molar-refractivity contribution in [3.8, 4) is 0 Å². The lowest BCUT2D eigenvalue weighted by Crippen LogP contribution is -2.51. The minimum atomic E-state index is -1.06. The third-order valence-electron chi connectivity index (χ3n) is 5.18. The number of nitrogens with one attached hydrogen (secondary N) is 1. The fourth-order valence-electron chi connectivity index (χ4n) is 3.40. The zero-order chi connectivity index (χ0) is 18.6. The minimum absolute atomic E-state index is 0.151. The number of piperidine rings is 1. The molecule has 5 nitrogen and oxygen atoms in total. The highest BCUT2D eigenvalue weighted by atomic mass is 16.3. The number of carbonyl (C=O) groups is 1. The van der Waals surface area contributed by atoms with Crippen molar-refractivity contribution in [3.63, 3.8) is 0 Å². The molecule has 0 spiro atoms. The summed E-state index contributed by atoms with van der Waals surface area (Å²) in [6.45, 7) is 2.63. The average Bonchev–Trinajstić information content (AvgIpc) is 2.68. The van der Waals surface area contributed by atoms with Crippen LogP contribution in [0.25, 0.3) is 0 Å². The van der Waals surface area contributed by atoms with E-state index in [1.54, 1.807) is 4.90 Å². The quantitative estimate of drug-likeness (QED) is 0.790. The lowest BCUT2D eigenvalue weighted by Gasteiger charge is -2.37. The van der Waals surface area contributed by atoms with E-state index >= 15 is 0 Å². The maximum absolute atomic E-state index is 12.8. The largest absolute Gasteiger partial charge is 0.393 e. The molecule has 2 aromatic carbocycles. The third-order valence-corrected chi connectivity index (χ3v) is 5.18. The number of amides is 2. The molecular formula is C21H26N2O3. The van der Waals surface area contributed by atoms with Gasteiger partial charge in [-0.15, -0.1) is 0 Å². The number of benzene rings is 2. The summed E-state index contributed by atoms with van der Waals surface area (Å²) in [6.07, 6.45) is 0.772. The molecule has 138 valence electrons. The van der Waals surface area contributed by atoms with Crippen LogP contribution in [0.3, 0.4) is 0 Å². The average molecular weight is 354 g/mol. The molecule has 0 saturated carbocycles. The summed E-state index contributed by atoms with van der Waals surface area (Å²) < 4.78 is 0. The number of urea groups is 1. The van der Waals surface area contributed by atoms with E-state index in [0.29, 0.717) is 25.9 Å². The van der Waals surface area contributed by atoms with Gasteiger partial charge in [0.25, 0.3) is 0 Å². The van der Waals surface area contributed by atoms with Gasteiger partial charge in [-0.05, 0) is 36.5 Å². The van der Waals surface area contributed by atoms with Gasteiger partial charge in [0, 0.05) is 13.1 Å². The number of hydrogen-bond acceptors (Lipinski definition) is 3. The fourth-order valence-corrected chi connectivity index (χ4v) is 3.40. The number of carbonyl (C=O) groups excluding carboxylic acids is 1. The second-order valence-electron chi connectivity index (χ2n) is 7.02. The molecule has 1 fully saturated rings. The number of rotatable bonds is 4. The van der Waals surface area contributed by atoms with Gasteiger partial charge in [-0.3, -0.25) is 0 Å². The Bertz CT molecular complexity index is 740. The standard InChI is InChI=1S/C21H26N2O3/c1-16-7-5-6-10-18(16)19(17-8-3-2-4-9-17)22-20(25)23-13-11-21(26,15-24)12-14-23/h2-10,19,24,26H,11-15H2,1H3,(H,22,25). The van der Waals surface area contributed by atoms with Gasteiger partial charge in [0.15, 0.2) is 0 Å². The van der Waals surface area contributed by atoms with Crippen LogP contribution in [0.1, 0.15) is 35.6 Å². The van der Waals surface area contributed by atoms with E-state index in [-0.39, 0.29) is 18.7 Å². The molecule has 5 heteroatoms. The van der Waals surface area contributed by atoms with Crippen LogP contribution >= 0.6 is 0 Å². The van der Waals surface area contributed by atoms with Gasteiger partial charge in [-0.25, -0.2) is 4.79 Å². The normalized spacial score (nSPS) is 17.6. The van der Waals surface area contributed by atoms with Crippen LogP contribution in [0.5, 0.6) is 0 Å². The molecule has 1 saturated heterocycles. The van der Waals surface area contributed by atoms with Crippen LogP contribution in [0.2, 0.25) is 0 Å². The maximum atomic E-state index is 12.8. The Balaban J connectivity index is 1.79. The predicted octanol–water partition coefficient (Wildman–Crippen LogP) is 2.61. The SMILES string of the molecule is Cc1ccccc1C(NC(=O)N1CCC(O)(CO)CC1)c1ccccc1. The molecule has 0 radical (unpaired) electrons. The Morgan fingerprint density at radius 2 is 1.73 bits per heavy atom. The Morgan fingerprint density at radius 1 is 1.12 bits per heavy atom. The van der Waals surface area contributed by atoms with Gasteiger partial charge in [0.1, 0.15) is 0 Å². The zero-order valence-electron chi connectivity index (χ0n) is 15.1. The molecule has 2 aromatic rings. The van der Waals surface area contributed by atoms with Gasteiger partial charge >= 0.3 is 6.03 Å². The van der Waals surface area contributed by atoms with Crippen LogP contribution in [-0.2, 0) is 0 Å². The number of aliphatic hydroxyl groups excluding tert-OH is 1. The van der Waals surface area contributed by atoms with Crippen molar-refractivity contribution >= 4 is 6.03 Å². The smallest absolute Gasteiger partial charge is 0.318 e. The summed E-state index contributed by atoms with van der Waals surface area (Å²) >= 11 is 0. The Morgan fingerprint density at radius 3 is 2.35 bits per heavy atom. The monoisotopic (exact) mass is 354 g/mol. The number of likely N-dealkylation sites (tertiary alicyclic amines) is 1. The van der Waals surface area contributed by atoms with Gasteiger partial charge in [-0.2, -0.15) is 0 Å². The van der Waals surface area contributed by atoms with Crippen LogP contribution in [-0.4, -0.2) is 46.4 Å². The molecule has 26 heavy (non-hydrogen) atoms. The van der Waals surface area contributed by atoms with E-state index in [9.17, 15) is 15.0 Å². The van der Waals surface area contributed by atoms with Gasteiger partial charge < -0.3 is 20.4 Å². The first-order chi connectivity index (χ1) is 12.5. The molecule has 1 unspecified atom stereocenters. The molecule has 1 atom stereocenters. The summed E-state index contributed by atoms with van der Waals surface area (Å²) in [5.74, 6) is 0. The maximum Gasteiger partial charge on any atom is 0.318 e. The fraction of sp³-hybridized carbons (Fsp3) is 0.381. The van der Waals surface area contributed by atoms with E-state index in [1.807, 2.05) is 61.5 Å².